The second-order valence-corrected chi connectivity index (χ2v) is 3.33. The Balaban J connectivity index is 2.46. The molecule has 1 rings (SSSR count). The van der Waals surface area contributed by atoms with Gasteiger partial charge in [0.2, 0.25) is 0 Å². The summed E-state index contributed by atoms with van der Waals surface area (Å²) in [5.74, 6) is 1.21. The maximum absolute atomic E-state index is 11.0. The Labute approximate surface area is 67.3 Å². The van der Waals surface area contributed by atoms with Crippen LogP contribution in [-0.4, -0.2) is 31.2 Å². The van der Waals surface area contributed by atoms with E-state index in [2.05, 4.69) is 18.6 Å². The SMILES string of the molecule is COC(=O)N1CC(C)[C@H](C)C1. The van der Waals surface area contributed by atoms with Crippen LogP contribution in [0.25, 0.3) is 0 Å². The standard InChI is InChI=1S/C8H15NO2/c1-6-4-9(5-7(6)2)8(10)11-3/h6-7H,4-5H2,1-3H3/t6-,7?/m1/s1. The predicted octanol–water partition coefficient (Wildman–Crippen LogP) is 1.34. The number of methoxy groups -OCH3 is 1. The second kappa shape index (κ2) is 3.11. The van der Waals surface area contributed by atoms with Crippen LogP contribution in [0.1, 0.15) is 13.8 Å². The molecule has 1 aliphatic heterocycles. The van der Waals surface area contributed by atoms with Gasteiger partial charge >= 0.3 is 6.09 Å². The van der Waals surface area contributed by atoms with Crippen molar-refractivity contribution in [2.45, 2.75) is 13.8 Å². The van der Waals surface area contributed by atoms with Gasteiger partial charge in [0, 0.05) is 13.1 Å². The number of amides is 1. The van der Waals surface area contributed by atoms with Crippen molar-refractivity contribution in [1.29, 1.82) is 0 Å². The van der Waals surface area contributed by atoms with Crippen molar-refractivity contribution in [1.82, 2.24) is 4.90 Å². The summed E-state index contributed by atoms with van der Waals surface area (Å²) in [6.45, 7) is 6.00. The van der Waals surface area contributed by atoms with Gasteiger partial charge < -0.3 is 9.64 Å². The first-order valence-corrected chi connectivity index (χ1v) is 3.98. The number of likely N-dealkylation sites (tertiary alicyclic amines) is 1. The molecule has 0 spiro atoms. The Hall–Kier alpha value is -0.730. The summed E-state index contributed by atoms with van der Waals surface area (Å²) >= 11 is 0. The second-order valence-electron chi connectivity index (χ2n) is 3.33. The summed E-state index contributed by atoms with van der Waals surface area (Å²) in [5.41, 5.74) is 0. The smallest absolute Gasteiger partial charge is 0.409 e. The van der Waals surface area contributed by atoms with Gasteiger partial charge in [-0.15, -0.1) is 0 Å². The Morgan fingerprint density at radius 3 is 2.18 bits per heavy atom. The quantitative estimate of drug-likeness (QED) is 0.531. The van der Waals surface area contributed by atoms with Crippen LogP contribution in [0.2, 0.25) is 0 Å². The molecule has 1 unspecified atom stereocenters. The molecule has 0 aromatic heterocycles. The van der Waals surface area contributed by atoms with Gasteiger partial charge in [-0.25, -0.2) is 4.79 Å². The molecular formula is C8H15NO2. The molecule has 0 aromatic rings. The molecule has 3 nitrogen and oxygen atoms in total. The Bertz CT molecular complexity index is 148. The molecule has 2 atom stereocenters. The number of hydrogen-bond acceptors (Lipinski definition) is 2. The Morgan fingerprint density at radius 1 is 1.36 bits per heavy atom. The zero-order valence-electron chi connectivity index (χ0n) is 7.33. The molecule has 0 N–H and O–H groups in total. The monoisotopic (exact) mass is 157 g/mol. The first-order chi connectivity index (χ1) is 5.15. The van der Waals surface area contributed by atoms with E-state index in [1.165, 1.54) is 7.11 Å². The number of rotatable bonds is 0. The van der Waals surface area contributed by atoms with E-state index in [1.54, 1.807) is 4.90 Å². The van der Waals surface area contributed by atoms with E-state index in [9.17, 15) is 4.79 Å². The average molecular weight is 157 g/mol. The zero-order valence-corrected chi connectivity index (χ0v) is 7.33. The first-order valence-electron chi connectivity index (χ1n) is 3.98. The largest absolute Gasteiger partial charge is 0.453 e. The molecule has 1 saturated heterocycles. The highest BCUT2D eigenvalue weighted by atomic mass is 16.5. The fourth-order valence-corrected chi connectivity index (χ4v) is 1.41. The number of carbonyl (C=O) groups excluding carboxylic acids is 1. The number of ether oxygens (including phenoxy) is 1. The lowest BCUT2D eigenvalue weighted by atomic mass is 10.0. The van der Waals surface area contributed by atoms with Crippen molar-refractivity contribution in [3.63, 3.8) is 0 Å². The third-order valence-corrected chi connectivity index (χ3v) is 2.42. The third kappa shape index (κ3) is 1.64. The maximum atomic E-state index is 11.0. The van der Waals surface area contributed by atoms with Gasteiger partial charge in [-0.3, -0.25) is 0 Å². The molecule has 1 fully saturated rings. The fourth-order valence-electron chi connectivity index (χ4n) is 1.41. The van der Waals surface area contributed by atoms with Gasteiger partial charge in [0.15, 0.2) is 0 Å². The summed E-state index contributed by atoms with van der Waals surface area (Å²) < 4.78 is 4.62. The lowest BCUT2D eigenvalue weighted by molar-refractivity contribution is 0.131. The van der Waals surface area contributed by atoms with Crippen molar-refractivity contribution < 1.29 is 9.53 Å². The molecule has 11 heavy (non-hydrogen) atoms. The van der Waals surface area contributed by atoms with E-state index in [0.29, 0.717) is 11.8 Å². The van der Waals surface area contributed by atoms with Crippen LogP contribution in [0.5, 0.6) is 0 Å². The molecule has 0 saturated carbocycles. The van der Waals surface area contributed by atoms with Gasteiger partial charge in [0.1, 0.15) is 0 Å². The third-order valence-electron chi connectivity index (χ3n) is 2.42. The topological polar surface area (TPSA) is 29.5 Å². The van der Waals surface area contributed by atoms with E-state index in [0.717, 1.165) is 13.1 Å². The van der Waals surface area contributed by atoms with Gasteiger partial charge in [0.05, 0.1) is 7.11 Å². The van der Waals surface area contributed by atoms with Crippen molar-refractivity contribution in [3.8, 4) is 0 Å². The molecule has 0 radical (unpaired) electrons. The van der Waals surface area contributed by atoms with Crippen molar-refractivity contribution in [2.24, 2.45) is 11.8 Å². The summed E-state index contributed by atoms with van der Waals surface area (Å²) in [5, 5.41) is 0. The highest BCUT2D eigenvalue weighted by Gasteiger charge is 2.29. The minimum atomic E-state index is -0.193. The number of nitrogens with zero attached hydrogens (tertiary/aromatic N) is 1. The number of hydrogen-bond donors (Lipinski definition) is 0. The van der Waals surface area contributed by atoms with E-state index in [4.69, 9.17) is 0 Å². The van der Waals surface area contributed by atoms with Gasteiger partial charge in [0.25, 0.3) is 0 Å². The summed E-state index contributed by atoms with van der Waals surface area (Å²) in [4.78, 5) is 12.8. The van der Waals surface area contributed by atoms with Crippen LogP contribution in [0.15, 0.2) is 0 Å². The van der Waals surface area contributed by atoms with Crippen LogP contribution >= 0.6 is 0 Å². The molecule has 1 aliphatic rings. The highest BCUT2D eigenvalue weighted by molar-refractivity contribution is 5.67. The minimum Gasteiger partial charge on any atom is -0.453 e. The molecule has 64 valence electrons. The molecule has 0 aliphatic carbocycles. The average Bonchev–Trinajstić information content (AvgIpc) is 2.31. The number of carbonyl (C=O) groups is 1. The fraction of sp³-hybridized carbons (Fsp3) is 0.875. The van der Waals surface area contributed by atoms with Crippen molar-refractivity contribution in [2.75, 3.05) is 20.2 Å². The lowest BCUT2D eigenvalue weighted by Crippen LogP contribution is -2.28. The molecular weight excluding hydrogens is 142 g/mol. The molecule has 0 bridgehead atoms. The van der Waals surface area contributed by atoms with E-state index < -0.39 is 0 Å². The van der Waals surface area contributed by atoms with Crippen LogP contribution in [0, 0.1) is 11.8 Å². The van der Waals surface area contributed by atoms with Crippen molar-refractivity contribution >= 4 is 6.09 Å². The van der Waals surface area contributed by atoms with Gasteiger partial charge in [-0.2, -0.15) is 0 Å². The maximum Gasteiger partial charge on any atom is 0.409 e. The van der Waals surface area contributed by atoms with Crippen LogP contribution in [0.4, 0.5) is 4.79 Å². The zero-order chi connectivity index (χ0) is 8.43. The van der Waals surface area contributed by atoms with E-state index >= 15 is 0 Å². The predicted molar refractivity (Wildman–Crippen MR) is 42.3 cm³/mol. The Kier molecular flexibility index (Phi) is 2.37. The molecule has 1 amide bonds. The highest BCUT2D eigenvalue weighted by Crippen LogP contribution is 2.22. The summed E-state index contributed by atoms with van der Waals surface area (Å²) in [7, 11) is 1.43. The summed E-state index contributed by atoms with van der Waals surface area (Å²) in [6, 6.07) is 0. The van der Waals surface area contributed by atoms with Crippen LogP contribution in [-0.2, 0) is 4.74 Å². The molecule has 3 heteroatoms. The van der Waals surface area contributed by atoms with E-state index in [1.807, 2.05) is 0 Å². The van der Waals surface area contributed by atoms with E-state index in [-0.39, 0.29) is 6.09 Å². The lowest BCUT2D eigenvalue weighted by Gasteiger charge is -2.12. The van der Waals surface area contributed by atoms with Gasteiger partial charge in [-0.05, 0) is 11.8 Å². The molecule has 1 heterocycles. The van der Waals surface area contributed by atoms with Crippen LogP contribution < -0.4 is 0 Å². The minimum absolute atomic E-state index is 0.193. The normalized spacial score (nSPS) is 30.6. The first kappa shape index (κ1) is 8.37. The van der Waals surface area contributed by atoms with Crippen molar-refractivity contribution in [3.05, 3.63) is 0 Å². The Morgan fingerprint density at radius 2 is 1.82 bits per heavy atom. The van der Waals surface area contributed by atoms with Gasteiger partial charge in [-0.1, -0.05) is 13.8 Å². The van der Waals surface area contributed by atoms with Crippen LogP contribution in [0.3, 0.4) is 0 Å². The summed E-state index contributed by atoms with van der Waals surface area (Å²) in [6.07, 6.45) is -0.193. The molecule has 0 aromatic carbocycles.